The summed E-state index contributed by atoms with van der Waals surface area (Å²) in [6.07, 6.45) is -3.26. The molecule has 0 amide bonds. The van der Waals surface area contributed by atoms with Crippen LogP contribution in [0.3, 0.4) is 0 Å². The van der Waals surface area contributed by atoms with Gasteiger partial charge in [0.2, 0.25) is 0 Å². The third-order valence-corrected chi connectivity index (χ3v) is 2.15. The van der Waals surface area contributed by atoms with Crippen molar-refractivity contribution in [1.82, 2.24) is 9.97 Å². The maximum absolute atomic E-state index is 10.9. The number of carbonyl (C=O) groups is 1. The summed E-state index contributed by atoms with van der Waals surface area (Å²) in [5.74, 6) is -0.254. The molecule has 0 bridgehead atoms. The van der Waals surface area contributed by atoms with E-state index in [-0.39, 0.29) is 17.3 Å². The van der Waals surface area contributed by atoms with Crippen LogP contribution in [0.5, 0.6) is 0 Å². The number of carbonyl (C=O) groups excluding carboxylic acids is 1. The Balaban J connectivity index is 2.79. The summed E-state index contributed by atoms with van der Waals surface area (Å²) in [7, 11) is 0. The van der Waals surface area contributed by atoms with Crippen molar-refractivity contribution in [2.24, 2.45) is 0 Å². The number of aliphatic hydroxyl groups is 4. The molecule has 7 heteroatoms. The Hall–Kier alpha value is -1.28. The molecular weight excluding hydrogens is 216 g/mol. The minimum Gasteiger partial charge on any atom is -0.394 e. The fourth-order valence-electron chi connectivity index (χ4n) is 1.17. The molecule has 1 aromatic heterocycles. The summed E-state index contributed by atoms with van der Waals surface area (Å²) >= 11 is 0. The predicted octanol–water partition coefficient (Wildman–Crippen LogP) is -1.64. The highest BCUT2D eigenvalue weighted by Gasteiger charge is 2.27. The fraction of sp³-hybridized carbons (Fsp3) is 0.556. The lowest BCUT2D eigenvalue weighted by atomic mass is 10.1. The maximum atomic E-state index is 10.9. The first-order chi connectivity index (χ1) is 7.47. The van der Waals surface area contributed by atoms with Gasteiger partial charge in [-0.3, -0.25) is 4.79 Å². The molecule has 3 atom stereocenters. The van der Waals surface area contributed by atoms with Gasteiger partial charge in [0, 0.05) is 6.92 Å². The monoisotopic (exact) mass is 230 g/mol. The molecule has 7 nitrogen and oxygen atoms in total. The van der Waals surface area contributed by atoms with Crippen LogP contribution in [0.1, 0.15) is 29.3 Å². The number of imidazole rings is 1. The van der Waals surface area contributed by atoms with Crippen molar-refractivity contribution in [3.8, 4) is 0 Å². The van der Waals surface area contributed by atoms with Crippen molar-refractivity contribution in [2.75, 3.05) is 6.61 Å². The fourth-order valence-corrected chi connectivity index (χ4v) is 1.17. The molecule has 0 fully saturated rings. The highest BCUT2D eigenvalue weighted by Crippen LogP contribution is 2.17. The summed E-state index contributed by atoms with van der Waals surface area (Å²) < 4.78 is 0. The van der Waals surface area contributed by atoms with Crippen LogP contribution in [0.2, 0.25) is 0 Å². The molecule has 0 aliphatic carbocycles. The molecule has 0 aliphatic heterocycles. The van der Waals surface area contributed by atoms with E-state index in [1.807, 2.05) is 0 Å². The average Bonchev–Trinajstić information content (AvgIpc) is 2.75. The van der Waals surface area contributed by atoms with Gasteiger partial charge in [0.05, 0.1) is 18.5 Å². The van der Waals surface area contributed by atoms with E-state index in [1.54, 1.807) is 0 Å². The lowest BCUT2D eigenvalue weighted by Crippen LogP contribution is -2.34. The van der Waals surface area contributed by atoms with Crippen LogP contribution in [0.25, 0.3) is 0 Å². The first-order valence-electron chi connectivity index (χ1n) is 4.68. The van der Waals surface area contributed by atoms with Crippen molar-refractivity contribution in [3.05, 3.63) is 17.7 Å². The quantitative estimate of drug-likeness (QED) is 0.386. The second-order valence-electron chi connectivity index (χ2n) is 3.43. The molecule has 16 heavy (non-hydrogen) atoms. The summed E-state index contributed by atoms with van der Waals surface area (Å²) in [5, 5.41) is 36.7. The van der Waals surface area contributed by atoms with Gasteiger partial charge >= 0.3 is 0 Å². The van der Waals surface area contributed by atoms with Crippen molar-refractivity contribution < 1.29 is 25.2 Å². The van der Waals surface area contributed by atoms with Crippen LogP contribution in [0, 0.1) is 0 Å². The Morgan fingerprint density at radius 1 is 1.50 bits per heavy atom. The predicted molar refractivity (Wildman–Crippen MR) is 52.7 cm³/mol. The van der Waals surface area contributed by atoms with Crippen molar-refractivity contribution >= 4 is 5.78 Å². The van der Waals surface area contributed by atoms with Gasteiger partial charge < -0.3 is 25.4 Å². The van der Waals surface area contributed by atoms with Crippen LogP contribution in [-0.4, -0.2) is 55.0 Å². The number of hydrogen-bond donors (Lipinski definition) is 5. The smallest absolute Gasteiger partial charge is 0.194 e. The first kappa shape index (κ1) is 12.8. The maximum Gasteiger partial charge on any atom is 0.194 e. The minimum atomic E-state index is -1.55. The van der Waals surface area contributed by atoms with Gasteiger partial charge in [0.15, 0.2) is 11.6 Å². The highest BCUT2D eigenvalue weighted by atomic mass is 16.4. The van der Waals surface area contributed by atoms with Crippen LogP contribution in [0.15, 0.2) is 6.20 Å². The number of aliphatic hydroxyl groups excluding tert-OH is 4. The molecule has 5 N–H and O–H groups in total. The molecule has 1 rings (SSSR count). The molecule has 0 spiro atoms. The Labute approximate surface area is 91.4 Å². The van der Waals surface area contributed by atoms with E-state index in [9.17, 15) is 15.0 Å². The standard InChI is InChI=1S/C9H14N2O5/c1-4(13)9-10-2-5(11-9)7(15)8(16)6(14)3-12/h2,6-8,12,14-16H,3H2,1H3,(H,10,11)/t6-,7+,8+/m0/s1. The van der Waals surface area contributed by atoms with E-state index in [0.29, 0.717) is 0 Å². The van der Waals surface area contributed by atoms with E-state index in [0.717, 1.165) is 0 Å². The lowest BCUT2D eigenvalue weighted by Gasteiger charge is -2.20. The summed E-state index contributed by atoms with van der Waals surface area (Å²) in [6.45, 7) is 0.625. The van der Waals surface area contributed by atoms with E-state index >= 15 is 0 Å². The number of hydrogen-bond acceptors (Lipinski definition) is 6. The largest absolute Gasteiger partial charge is 0.394 e. The van der Waals surface area contributed by atoms with Gasteiger partial charge in [-0.25, -0.2) is 4.98 Å². The lowest BCUT2D eigenvalue weighted by molar-refractivity contribution is -0.0788. The number of nitrogens with zero attached hydrogens (tertiary/aromatic N) is 1. The number of nitrogens with one attached hydrogen (secondary N) is 1. The van der Waals surface area contributed by atoms with Gasteiger partial charge in [-0.2, -0.15) is 0 Å². The third-order valence-electron chi connectivity index (χ3n) is 2.15. The number of aromatic nitrogens is 2. The Bertz CT molecular complexity index is 365. The molecule has 0 aliphatic rings. The zero-order chi connectivity index (χ0) is 12.3. The Morgan fingerprint density at radius 2 is 2.12 bits per heavy atom. The number of Topliss-reactive ketones (excluding diaryl/α,β-unsaturated/α-hetero) is 1. The average molecular weight is 230 g/mol. The van der Waals surface area contributed by atoms with Crippen LogP contribution in [-0.2, 0) is 0 Å². The Kier molecular flexibility index (Phi) is 4.13. The van der Waals surface area contributed by atoms with E-state index in [4.69, 9.17) is 10.2 Å². The molecule has 0 saturated carbocycles. The van der Waals surface area contributed by atoms with Crippen molar-refractivity contribution in [2.45, 2.75) is 25.2 Å². The molecule has 90 valence electrons. The van der Waals surface area contributed by atoms with Crippen LogP contribution >= 0.6 is 0 Å². The molecule has 0 radical (unpaired) electrons. The first-order valence-corrected chi connectivity index (χ1v) is 4.68. The normalized spacial score (nSPS) is 16.8. The van der Waals surface area contributed by atoms with Gasteiger partial charge in [-0.15, -0.1) is 0 Å². The summed E-state index contributed by atoms with van der Waals surface area (Å²) in [6, 6.07) is 0. The number of H-pyrrole nitrogens is 1. The van der Waals surface area contributed by atoms with Crippen LogP contribution in [0.4, 0.5) is 0 Å². The highest BCUT2D eigenvalue weighted by molar-refractivity contribution is 5.90. The van der Waals surface area contributed by atoms with Gasteiger partial charge in [-0.05, 0) is 0 Å². The number of rotatable bonds is 5. The minimum absolute atomic E-state index is 0.0553. The molecule has 0 aromatic carbocycles. The molecule has 0 unspecified atom stereocenters. The second kappa shape index (κ2) is 5.17. The van der Waals surface area contributed by atoms with Gasteiger partial charge in [-0.1, -0.05) is 0 Å². The number of ketones is 1. The molecule has 1 heterocycles. The molecule has 1 aromatic rings. The summed E-state index contributed by atoms with van der Waals surface area (Å²) in [5.41, 5.74) is 0.102. The molecular formula is C9H14N2O5. The Morgan fingerprint density at radius 3 is 2.56 bits per heavy atom. The van der Waals surface area contributed by atoms with Crippen molar-refractivity contribution in [1.29, 1.82) is 0 Å². The van der Waals surface area contributed by atoms with E-state index in [2.05, 4.69) is 9.97 Å². The SMILES string of the molecule is CC(=O)c1ncc([C@@H](O)[C@H](O)[C@@H](O)CO)[nH]1. The second-order valence-corrected chi connectivity index (χ2v) is 3.43. The zero-order valence-corrected chi connectivity index (χ0v) is 8.66. The number of aromatic amines is 1. The molecule has 0 saturated heterocycles. The van der Waals surface area contributed by atoms with E-state index < -0.39 is 24.9 Å². The summed E-state index contributed by atoms with van der Waals surface area (Å²) in [4.78, 5) is 17.1. The van der Waals surface area contributed by atoms with Crippen molar-refractivity contribution in [3.63, 3.8) is 0 Å². The van der Waals surface area contributed by atoms with Gasteiger partial charge in [0.25, 0.3) is 0 Å². The third kappa shape index (κ3) is 2.64. The topological polar surface area (TPSA) is 127 Å². The van der Waals surface area contributed by atoms with Gasteiger partial charge in [0.1, 0.15) is 18.3 Å². The van der Waals surface area contributed by atoms with E-state index in [1.165, 1.54) is 13.1 Å². The zero-order valence-electron chi connectivity index (χ0n) is 8.66. The van der Waals surface area contributed by atoms with Crippen LogP contribution < -0.4 is 0 Å².